The number of hydrogen-bond acceptors (Lipinski definition) is 20. The summed E-state index contributed by atoms with van der Waals surface area (Å²) in [4.78, 5) is 0. The van der Waals surface area contributed by atoms with E-state index >= 15 is 0 Å². The Balaban J connectivity index is 1.35. The van der Waals surface area contributed by atoms with E-state index in [2.05, 4.69) is 0 Å². The van der Waals surface area contributed by atoms with E-state index in [-0.39, 0.29) is 0 Å². The van der Waals surface area contributed by atoms with Crippen LogP contribution in [0.5, 0.6) is 0 Å². The molecule has 4 saturated heterocycles. The molecule has 0 aromatic rings. The number of rotatable bonds is 10. The molecule has 0 radical (unpaired) electrons. The SMILES string of the molecule is OC[C@H]1O[C@H](OCC2O[C@H](OC[C@H]3O[C@H](OC4O[C@H](CO)[C@@H](O)[C@@H]4O)[C@H](O)[C@@H](O)[C@@H]3O)[C@H](O)[C@@H](O)[C@H]2O)[C@H](O)[C@@H](O)[C@H]1O. The van der Waals surface area contributed by atoms with Gasteiger partial charge >= 0.3 is 0 Å². The van der Waals surface area contributed by atoms with Gasteiger partial charge in [-0.15, -0.1) is 0 Å². The molecular formula is C23H40O20. The molecule has 4 aliphatic heterocycles. The van der Waals surface area contributed by atoms with Gasteiger partial charge in [-0.25, -0.2) is 0 Å². The van der Waals surface area contributed by atoms with E-state index in [1.54, 1.807) is 0 Å². The lowest BCUT2D eigenvalue weighted by atomic mass is 9.98. The van der Waals surface area contributed by atoms with Crippen LogP contribution in [0.1, 0.15) is 0 Å². The average molecular weight is 637 g/mol. The highest BCUT2D eigenvalue weighted by molar-refractivity contribution is 4.94. The molecule has 0 spiro atoms. The Labute approximate surface area is 243 Å². The molecule has 4 heterocycles. The molecule has 0 aliphatic carbocycles. The van der Waals surface area contributed by atoms with E-state index < -0.39 is 143 Å². The molecule has 20 nitrogen and oxygen atoms in total. The Morgan fingerprint density at radius 1 is 0.349 bits per heavy atom. The van der Waals surface area contributed by atoms with Gasteiger partial charge in [0.25, 0.3) is 0 Å². The first-order chi connectivity index (χ1) is 20.3. The fourth-order valence-corrected chi connectivity index (χ4v) is 5.05. The van der Waals surface area contributed by atoms with Crippen LogP contribution in [0.4, 0.5) is 0 Å². The predicted molar refractivity (Wildman–Crippen MR) is 128 cm³/mol. The van der Waals surface area contributed by atoms with E-state index in [9.17, 15) is 66.4 Å². The summed E-state index contributed by atoms with van der Waals surface area (Å²) in [5, 5.41) is 131. The summed E-state index contributed by atoms with van der Waals surface area (Å²) in [5.41, 5.74) is 0. The first-order valence-corrected chi connectivity index (χ1v) is 13.5. The van der Waals surface area contributed by atoms with Crippen LogP contribution in [-0.4, -0.2) is 210 Å². The highest BCUT2D eigenvalue weighted by Crippen LogP contribution is 2.30. The maximum Gasteiger partial charge on any atom is 0.189 e. The van der Waals surface area contributed by atoms with Gasteiger partial charge in [-0.05, 0) is 0 Å². The Morgan fingerprint density at radius 2 is 0.628 bits per heavy atom. The third kappa shape index (κ3) is 7.29. The second-order valence-electron chi connectivity index (χ2n) is 10.7. The van der Waals surface area contributed by atoms with Crippen molar-refractivity contribution < 1.29 is 99.5 Å². The van der Waals surface area contributed by atoms with Gasteiger partial charge < -0.3 is 99.5 Å². The third-order valence-electron chi connectivity index (χ3n) is 7.80. The monoisotopic (exact) mass is 636 g/mol. The van der Waals surface area contributed by atoms with Gasteiger partial charge in [0.1, 0.15) is 91.6 Å². The topological polar surface area (TPSA) is 328 Å². The first-order valence-electron chi connectivity index (χ1n) is 13.5. The number of aliphatic hydroxyl groups excluding tert-OH is 13. The van der Waals surface area contributed by atoms with Gasteiger partial charge in [-0.3, -0.25) is 0 Å². The van der Waals surface area contributed by atoms with Crippen molar-refractivity contribution in [3.63, 3.8) is 0 Å². The molecule has 2 unspecified atom stereocenters. The van der Waals surface area contributed by atoms with Gasteiger partial charge in [-0.2, -0.15) is 0 Å². The Kier molecular flexibility index (Phi) is 12.0. The zero-order chi connectivity index (χ0) is 31.7. The fourth-order valence-electron chi connectivity index (χ4n) is 5.05. The highest BCUT2D eigenvalue weighted by Gasteiger charge is 2.51. The second kappa shape index (κ2) is 14.7. The minimum atomic E-state index is -1.88. The molecule has 0 aromatic heterocycles. The summed E-state index contributed by atoms with van der Waals surface area (Å²) in [5.74, 6) is 0. The van der Waals surface area contributed by atoms with E-state index in [1.807, 2.05) is 0 Å². The molecule has 4 fully saturated rings. The molecule has 20 heteroatoms. The number of ether oxygens (including phenoxy) is 7. The van der Waals surface area contributed by atoms with Crippen molar-refractivity contribution >= 4 is 0 Å². The van der Waals surface area contributed by atoms with E-state index in [1.165, 1.54) is 0 Å². The first kappa shape index (κ1) is 35.1. The van der Waals surface area contributed by atoms with Crippen LogP contribution in [0.3, 0.4) is 0 Å². The van der Waals surface area contributed by atoms with Crippen LogP contribution in [0.2, 0.25) is 0 Å². The molecule has 43 heavy (non-hydrogen) atoms. The van der Waals surface area contributed by atoms with Crippen molar-refractivity contribution in [2.75, 3.05) is 26.4 Å². The van der Waals surface area contributed by atoms with Gasteiger partial charge in [0.2, 0.25) is 0 Å². The number of hydrogen-bond donors (Lipinski definition) is 13. The standard InChI is InChI=1S/C23H40O20/c24-1-5-9(26)13(30)17(34)20(39-5)37-3-7-11(28)14(31)18(35)21(41-7)38-4-8-12(29)15(32)19(36)23(42-8)43-22-16(33)10(27)6(2-25)40-22/h5-36H,1-4H2/t5-,6-,7?,8-,9+,10-,11+,12-,13+,14+,15+,16+,17-,18-,19-,20+,21+,22?,23-/m1/s1. The molecule has 4 aliphatic rings. The smallest absolute Gasteiger partial charge is 0.189 e. The van der Waals surface area contributed by atoms with Crippen molar-refractivity contribution in [1.82, 2.24) is 0 Å². The van der Waals surface area contributed by atoms with Crippen LogP contribution >= 0.6 is 0 Å². The van der Waals surface area contributed by atoms with Crippen LogP contribution in [0, 0.1) is 0 Å². The lowest BCUT2D eigenvalue weighted by Gasteiger charge is -2.44. The largest absolute Gasteiger partial charge is 0.394 e. The van der Waals surface area contributed by atoms with E-state index in [0.717, 1.165) is 0 Å². The molecule has 0 saturated carbocycles. The van der Waals surface area contributed by atoms with E-state index in [0.29, 0.717) is 0 Å². The summed E-state index contributed by atoms with van der Waals surface area (Å²) in [6.07, 6.45) is -31.4. The fraction of sp³-hybridized carbons (Fsp3) is 1.00. The maximum atomic E-state index is 10.4. The molecule has 0 bridgehead atoms. The average Bonchev–Trinajstić information content (AvgIpc) is 3.27. The van der Waals surface area contributed by atoms with Crippen molar-refractivity contribution in [3.05, 3.63) is 0 Å². The van der Waals surface area contributed by atoms with Gasteiger partial charge in [0.15, 0.2) is 25.2 Å². The summed E-state index contributed by atoms with van der Waals surface area (Å²) in [6, 6.07) is 0. The lowest BCUT2D eigenvalue weighted by molar-refractivity contribution is -0.356. The predicted octanol–water partition coefficient (Wildman–Crippen LogP) is -9.11. The quantitative estimate of drug-likeness (QED) is 0.106. The summed E-state index contributed by atoms with van der Waals surface area (Å²) >= 11 is 0. The van der Waals surface area contributed by atoms with Crippen LogP contribution in [0.15, 0.2) is 0 Å². The Bertz CT molecular complexity index is 869. The number of aliphatic hydroxyl groups is 13. The van der Waals surface area contributed by atoms with Crippen molar-refractivity contribution in [2.45, 2.75) is 117 Å². The zero-order valence-electron chi connectivity index (χ0n) is 22.5. The molecular weight excluding hydrogens is 596 g/mol. The Hall–Kier alpha value is -0.800. The molecule has 0 amide bonds. The highest BCUT2D eigenvalue weighted by atomic mass is 16.8. The van der Waals surface area contributed by atoms with E-state index in [4.69, 9.17) is 33.2 Å². The van der Waals surface area contributed by atoms with Crippen LogP contribution in [0.25, 0.3) is 0 Å². The maximum absolute atomic E-state index is 10.4. The van der Waals surface area contributed by atoms with Crippen molar-refractivity contribution in [2.24, 2.45) is 0 Å². The van der Waals surface area contributed by atoms with Crippen LogP contribution < -0.4 is 0 Å². The zero-order valence-corrected chi connectivity index (χ0v) is 22.5. The van der Waals surface area contributed by atoms with Crippen molar-refractivity contribution in [1.29, 1.82) is 0 Å². The molecule has 19 atom stereocenters. The summed E-state index contributed by atoms with van der Waals surface area (Å²) < 4.78 is 37.4. The minimum absolute atomic E-state index is 0.624. The summed E-state index contributed by atoms with van der Waals surface area (Å²) in [6.45, 7) is -2.68. The molecule has 4 rings (SSSR count). The molecule has 252 valence electrons. The Morgan fingerprint density at radius 3 is 1.05 bits per heavy atom. The molecule has 0 aromatic carbocycles. The second-order valence-corrected chi connectivity index (χ2v) is 10.7. The summed E-state index contributed by atoms with van der Waals surface area (Å²) in [7, 11) is 0. The lowest BCUT2D eigenvalue weighted by Crippen LogP contribution is -2.63. The van der Waals surface area contributed by atoms with Crippen molar-refractivity contribution in [3.8, 4) is 0 Å². The minimum Gasteiger partial charge on any atom is -0.394 e. The van der Waals surface area contributed by atoms with Gasteiger partial charge in [0.05, 0.1) is 26.4 Å². The third-order valence-corrected chi connectivity index (χ3v) is 7.80. The van der Waals surface area contributed by atoms with Gasteiger partial charge in [-0.1, -0.05) is 0 Å². The molecule has 13 N–H and O–H groups in total. The van der Waals surface area contributed by atoms with Crippen LogP contribution in [-0.2, 0) is 33.2 Å². The van der Waals surface area contributed by atoms with Gasteiger partial charge in [0, 0.05) is 0 Å². The normalized spacial score (nSPS) is 52.8.